The Bertz CT molecular complexity index is 525. The van der Waals surface area contributed by atoms with Crippen LogP contribution in [0.1, 0.15) is 13.3 Å². The molecule has 17 heavy (non-hydrogen) atoms. The van der Waals surface area contributed by atoms with Gasteiger partial charge >= 0.3 is 5.97 Å². The SMILES string of the molecule is CC(CCNc1cncc2nnnn12)C(=O)O. The first-order chi connectivity index (χ1) is 8.18. The van der Waals surface area contributed by atoms with Gasteiger partial charge in [-0.05, 0) is 16.8 Å². The van der Waals surface area contributed by atoms with E-state index in [1.807, 2.05) is 0 Å². The minimum absolute atomic E-state index is 0.386. The summed E-state index contributed by atoms with van der Waals surface area (Å²) in [5.74, 6) is -0.542. The predicted molar refractivity (Wildman–Crippen MR) is 58.5 cm³/mol. The van der Waals surface area contributed by atoms with Crippen LogP contribution in [0.4, 0.5) is 5.82 Å². The highest BCUT2D eigenvalue weighted by Gasteiger charge is 2.10. The average molecular weight is 236 g/mol. The number of rotatable bonds is 5. The third-order valence-corrected chi connectivity index (χ3v) is 2.41. The van der Waals surface area contributed by atoms with Crippen LogP contribution in [-0.4, -0.2) is 42.6 Å². The third kappa shape index (κ3) is 2.47. The van der Waals surface area contributed by atoms with Gasteiger partial charge in [-0.2, -0.15) is 4.52 Å². The zero-order chi connectivity index (χ0) is 12.3. The van der Waals surface area contributed by atoms with Crippen molar-refractivity contribution >= 4 is 17.4 Å². The molecule has 1 unspecified atom stereocenters. The van der Waals surface area contributed by atoms with Crippen molar-refractivity contribution in [1.29, 1.82) is 0 Å². The summed E-state index contributed by atoms with van der Waals surface area (Å²) in [5.41, 5.74) is 0.543. The Kier molecular flexibility index (Phi) is 3.12. The molecule has 0 fully saturated rings. The second-order valence-corrected chi connectivity index (χ2v) is 3.70. The molecule has 2 heterocycles. The molecule has 0 spiro atoms. The molecule has 8 heteroatoms. The average Bonchev–Trinajstić information content (AvgIpc) is 2.77. The second kappa shape index (κ2) is 4.73. The summed E-state index contributed by atoms with van der Waals surface area (Å²) in [6.07, 6.45) is 3.66. The standard InChI is InChI=1S/C9H12N6O2/c1-6(9(16)17)2-3-11-7-4-10-5-8-12-13-14-15(7)8/h4-6,11H,2-3H2,1H3,(H,16,17). The number of fused-ring (bicyclic) bond motifs is 1. The van der Waals surface area contributed by atoms with Gasteiger partial charge in [-0.3, -0.25) is 9.78 Å². The molecule has 0 saturated carbocycles. The van der Waals surface area contributed by atoms with Gasteiger partial charge in [-0.25, -0.2) is 0 Å². The molecule has 2 N–H and O–H groups in total. The molecule has 0 radical (unpaired) electrons. The molecule has 2 aromatic rings. The van der Waals surface area contributed by atoms with Crippen molar-refractivity contribution in [3.05, 3.63) is 12.4 Å². The predicted octanol–water partition coefficient (Wildman–Crippen LogP) is 0.0420. The van der Waals surface area contributed by atoms with Crippen LogP contribution in [0.5, 0.6) is 0 Å². The molecule has 2 aromatic heterocycles. The Hall–Kier alpha value is -2.25. The number of anilines is 1. The van der Waals surface area contributed by atoms with E-state index in [2.05, 4.69) is 25.8 Å². The number of hydrogen-bond donors (Lipinski definition) is 2. The highest BCUT2D eigenvalue weighted by Crippen LogP contribution is 2.07. The number of aromatic nitrogens is 5. The first-order valence-electron chi connectivity index (χ1n) is 5.17. The summed E-state index contributed by atoms with van der Waals surface area (Å²) in [4.78, 5) is 14.6. The van der Waals surface area contributed by atoms with Gasteiger partial charge in [-0.1, -0.05) is 6.92 Å². The highest BCUT2D eigenvalue weighted by molar-refractivity contribution is 5.69. The molecule has 90 valence electrons. The maximum absolute atomic E-state index is 10.6. The van der Waals surface area contributed by atoms with E-state index >= 15 is 0 Å². The Morgan fingerprint density at radius 1 is 1.59 bits per heavy atom. The Morgan fingerprint density at radius 3 is 3.18 bits per heavy atom. The van der Waals surface area contributed by atoms with Crippen LogP contribution in [-0.2, 0) is 4.79 Å². The van der Waals surface area contributed by atoms with Crippen molar-refractivity contribution in [2.45, 2.75) is 13.3 Å². The molecular formula is C9H12N6O2. The van der Waals surface area contributed by atoms with E-state index in [0.717, 1.165) is 0 Å². The summed E-state index contributed by atoms with van der Waals surface area (Å²) in [6.45, 7) is 2.19. The number of carboxylic acids is 1. The Morgan fingerprint density at radius 2 is 2.41 bits per heavy atom. The summed E-state index contributed by atoms with van der Waals surface area (Å²) in [6, 6.07) is 0. The van der Waals surface area contributed by atoms with E-state index in [1.54, 1.807) is 19.3 Å². The zero-order valence-electron chi connectivity index (χ0n) is 9.24. The molecule has 0 aliphatic carbocycles. The smallest absolute Gasteiger partial charge is 0.306 e. The lowest BCUT2D eigenvalue weighted by Crippen LogP contribution is -2.15. The Labute approximate surface area is 96.7 Å². The summed E-state index contributed by atoms with van der Waals surface area (Å²) >= 11 is 0. The molecule has 8 nitrogen and oxygen atoms in total. The lowest BCUT2D eigenvalue weighted by Gasteiger charge is -2.08. The van der Waals surface area contributed by atoms with Crippen molar-refractivity contribution in [3.8, 4) is 0 Å². The van der Waals surface area contributed by atoms with Gasteiger partial charge in [0.2, 0.25) is 0 Å². The number of carbonyl (C=O) groups is 1. The maximum Gasteiger partial charge on any atom is 0.306 e. The molecule has 0 bridgehead atoms. The second-order valence-electron chi connectivity index (χ2n) is 3.70. The number of tetrazole rings is 1. The van der Waals surface area contributed by atoms with Gasteiger partial charge in [0.25, 0.3) is 0 Å². The molecule has 0 amide bonds. The number of nitrogens with zero attached hydrogens (tertiary/aromatic N) is 5. The van der Waals surface area contributed by atoms with Gasteiger partial charge in [0.15, 0.2) is 5.65 Å². The maximum atomic E-state index is 10.6. The normalized spacial score (nSPS) is 12.5. The summed E-state index contributed by atoms with van der Waals surface area (Å²) in [5, 5.41) is 22.9. The summed E-state index contributed by atoms with van der Waals surface area (Å²) < 4.78 is 1.51. The number of carboxylic acid groups (broad SMARTS) is 1. The van der Waals surface area contributed by atoms with E-state index in [1.165, 1.54) is 4.52 Å². The van der Waals surface area contributed by atoms with E-state index < -0.39 is 5.97 Å². The minimum atomic E-state index is -0.800. The van der Waals surface area contributed by atoms with Crippen LogP contribution >= 0.6 is 0 Å². The largest absolute Gasteiger partial charge is 0.481 e. The first-order valence-corrected chi connectivity index (χ1v) is 5.17. The monoisotopic (exact) mass is 236 g/mol. The molecule has 0 aliphatic rings. The number of aliphatic carboxylic acids is 1. The van der Waals surface area contributed by atoms with Gasteiger partial charge in [0, 0.05) is 6.54 Å². The molecule has 2 rings (SSSR count). The minimum Gasteiger partial charge on any atom is -0.481 e. The van der Waals surface area contributed by atoms with Crippen LogP contribution in [0.2, 0.25) is 0 Å². The van der Waals surface area contributed by atoms with E-state index in [-0.39, 0.29) is 5.92 Å². The van der Waals surface area contributed by atoms with Crippen LogP contribution in [0, 0.1) is 5.92 Å². The van der Waals surface area contributed by atoms with Crippen molar-refractivity contribution in [2.75, 3.05) is 11.9 Å². The topological polar surface area (TPSA) is 105 Å². The molecule has 0 aliphatic heterocycles. The van der Waals surface area contributed by atoms with Gasteiger partial charge in [0.1, 0.15) is 5.82 Å². The van der Waals surface area contributed by atoms with Crippen LogP contribution in [0.25, 0.3) is 5.65 Å². The van der Waals surface area contributed by atoms with Gasteiger partial charge in [0.05, 0.1) is 18.3 Å². The molecule has 0 saturated heterocycles. The van der Waals surface area contributed by atoms with Crippen molar-refractivity contribution < 1.29 is 9.90 Å². The fourth-order valence-electron chi connectivity index (χ4n) is 1.34. The molecule has 0 aromatic carbocycles. The molecule has 1 atom stereocenters. The van der Waals surface area contributed by atoms with Gasteiger partial charge < -0.3 is 10.4 Å². The first kappa shape index (κ1) is 11.2. The van der Waals surface area contributed by atoms with Crippen LogP contribution < -0.4 is 5.32 Å². The lowest BCUT2D eigenvalue weighted by molar-refractivity contribution is -0.141. The fraction of sp³-hybridized carbons (Fsp3) is 0.444. The quantitative estimate of drug-likeness (QED) is 0.755. The third-order valence-electron chi connectivity index (χ3n) is 2.41. The van der Waals surface area contributed by atoms with E-state index in [4.69, 9.17) is 5.11 Å². The number of hydrogen-bond acceptors (Lipinski definition) is 6. The van der Waals surface area contributed by atoms with Gasteiger partial charge in [-0.15, -0.1) is 5.10 Å². The lowest BCUT2D eigenvalue weighted by atomic mass is 10.1. The van der Waals surface area contributed by atoms with Crippen molar-refractivity contribution in [2.24, 2.45) is 5.92 Å². The zero-order valence-corrected chi connectivity index (χ0v) is 9.24. The van der Waals surface area contributed by atoms with Crippen LogP contribution in [0.3, 0.4) is 0 Å². The highest BCUT2D eigenvalue weighted by atomic mass is 16.4. The van der Waals surface area contributed by atoms with Crippen LogP contribution in [0.15, 0.2) is 12.4 Å². The fourth-order valence-corrected chi connectivity index (χ4v) is 1.34. The molecular weight excluding hydrogens is 224 g/mol. The van der Waals surface area contributed by atoms with Crippen molar-refractivity contribution in [1.82, 2.24) is 25.0 Å². The van der Waals surface area contributed by atoms with E-state index in [9.17, 15) is 4.79 Å². The van der Waals surface area contributed by atoms with E-state index in [0.29, 0.717) is 24.4 Å². The Balaban J connectivity index is 1.99. The summed E-state index contributed by atoms with van der Waals surface area (Å²) in [7, 11) is 0. The van der Waals surface area contributed by atoms with Crippen molar-refractivity contribution in [3.63, 3.8) is 0 Å². The number of nitrogens with one attached hydrogen (secondary N) is 1.